The number of halogens is 1. The summed E-state index contributed by atoms with van der Waals surface area (Å²) >= 11 is 0. The summed E-state index contributed by atoms with van der Waals surface area (Å²) in [6.45, 7) is 3.75. The van der Waals surface area contributed by atoms with Crippen LogP contribution in [0.3, 0.4) is 0 Å². The van der Waals surface area contributed by atoms with Crippen molar-refractivity contribution >= 4 is 39.8 Å². The number of hydrogen-bond donors (Lipinski definition) is 2. The van der Waals surface area contributed by atoms with Crippen LogP contribution in [0.25, 0.3) is 0 Å². The van der Waals surface area contributed by atoms with Crippen LogP contribution < -0.4 is 10.6 Å². The number of nitrogens with one attached hydrogen (secondary N) is 2. The molecule has 0 atom stereocenters. The van der Waals surface area contributed by atoms with Gasteiger partial charge in [-0.3, -0.25) is 9.89 Å². The van der Waals surface area contributed by atoms with Gasteiger partial charge >= 0.3 is 0 Å². The fraction of sp³-hybridized carbons (Fsp3) is 0.611. The molecule has 0 aromatic heterocycles. The Kier molecular flexibility index (Phi) is 10.5. The van der Waals surface area contributed by atoms with Gasteiger partial charge in [-0.2, -0.15) is 0 Å². The third-order valence-electron chi connectivity index (χ3n) is 4.39. The highest BCUT2D eigenvalue weighted by atomic mass is 127. The van der Waals surface area contributed by atoms with Crippen LogP contribution in [0.1, 0.15) is 24.8 Å². The van der Waals surface area contributed by atoms with E-state index in [0.29, 0.717) is 19.0 Å². The van der Waals surface area contributed by atoms with Crippen molar-refractivity contribution in [1.29, 1.82) is 0 Å². The highest BCUT2D eigenvalue weighted by Crippen LogP contribution is 2.13. The molecule has 2 rings (SSSR count). The lowest BCUT2D eigenvalue weighted by Gasteiger charge is -2.33. The van der Waals surface area contributed by atoms with Crippen LogP contribution in [-0.4, -0.2) is 64.0 Å². The van der Waals surface area contributed by atoms with Gasteiger partial charge in [-0.15, -0.1) is 24.0 Å². The van der Waals surface area contributed by atoms with E-state index < -0.39 is 9.84 Å². The molecular weight excluding hydrogens is 463 g/mol. The first-order valence-electron chi connectivity index (χ1n) is 8.87. The second kappa shape index (κ2) is 11.8. The Morgan fingerprint density at radius 1 is 1.23 bits per heavy atom. The lowest BCUT2D eigenvalue weighted by atomic mass is 10.0. The van der Waals surface area contributed by atoms with Crippen LogP contribution in [0.4, 0.5) is 0 Å². The maximum atomic E-state index is 11.1. The van der Waals surface area contributed by atoms with Gasteiger partial charge in [0.25, 0.3) is 0 Å². The summed E-state index contributed by atoms with van der Waals surface area (Å²) in [6.07, 6.45) is 4.02. The average Bonchev–Trinajstić information content (AvgIpc) is 2.59. The van der Waals surface area contributed by atoms with Gasteiger partial charge in [-0.05, 0) is 24.8 Å². The monoisotopic (exact) mass is 494 g/mol. The minimum absolute atomic E-state index is 0. The van der Waals surface area contributed by atoms with Gasteiger partial charge in [-0.1, -0.05) is 30.3 Å². The standard InChI is InChI=1S/C18H30N4O2S.HI/c1-19-18(20-11-6-14-25(2,23)24)21-17-9-12-22(13-10-17)15-16-7-4-3-5-8-16;/h3-5,7-8,17H,6,9-15H2,1-2H3,(H2,19,20,21);1H. The first kappa shape index (κ1) is 23.2. The lowest BCUT2D eigenvalue weighted by Crippen LogP contribution is -2.48. The zero-order chi connectivity index (χ0) is 18.1. The smallest absolute Gasteiger partial charge is 0.191 e. The number of piperidine rings is 1. The topological polar surface area (TPSA) is 73.8 Å². The molecule has 1 aliphatic rings. The molecule has 8 heteroatoms. The molecule has 1 aromatic carbocycles. The average molecular weight is 494 g/mol. The predicted molar refractivity (Wildman–Crippen MR) is 119 cm³/mol. The summed E-state index contributed by atoms with van der Waals surface area (Å²) in [4.78, 5) is 6.72. The molecule has 2 N–H and O–H groups in total. The lowest BCUT2D eigenvalue weighted by molar-refractivity contribution is 0.198. The maximum Gasteiger partial charge on any atom is 0.191 e. The van der Waals surface area contributed by atoms with E-state index in [2.05, 4.69) is 44.8 Å². The molecule has 26 heavy (non-hydrogen) atoms. The highest BCUT2D eigenvalue weighted by molar-refractivity contribution is 14.0. The maximum absolute atomic E-state index is 11.1. The summed E-state index contributed by atoms with van der Waals surface area (Å²) in [6, 6.07) is 11.0. The second-order valence-corrected chi connectivity index (χ2v) is 8.92. The minimum atomic E-state index is -2.89. The molecule has 0 saturated carbocycles. The molecule has 1 fully saturated rings. The SMILES string of the molecule is CN=C(NCCCS(C)(=O)=O)NC1CCN(Cc2ccccc2)CC1.I. The Bertz CT molecular complexity index is 644. The van der Waals surface area contributed by atoms with Gasteiger partial charge in [0.2, 0.25) is 0 Å². The third kappa shape index (κ3) is 9.18. The number of aliphatic imine (C=N–C) groups is 1. The van der Waals surface area contributed by atoms with E-state index in [9.17, 15) is 8.42 Å². The largest absolute Gasteiger partial charge is 0.356 e. The van der Waals surface area contributed by atoms with E-state index in [1.807, 2.05) is 6.07 Å². The highest BCUT2D eigenvalue weighted by Gasteiger charge is 2.19. The third-order valence-corrected chi connectivity index (χ3v) is 5.42. The first-order valence-corrected chi connectivity index (χ1v) is 10.9. The van der Waals surface area contributed by atoms with Crippen LogP contribution in [-0.2, 0) is 16.4 Å². The van der Waals surface area contributed by atoms with Crippen LogP contribution in [0.15, 0.2) is 35.3 Å². The zero-order valence-corrected chi connectivity index (χ0v) is 18.8. The van der Waals surface area contributed by atoms with E-state index in [4.69, 9.17) is 0 Å². The molecule has 0 radical (unpaired) electrons. The molecule has 1 saturated heterocycles. The molecule has 0 aliphatic carbocycles. The molecule has 6 nitrogen and oxygen atoms in total. The molecule has 0 spiro atoms. The number of hydrogen-bond acceptors (Lipinski definition) is 4. The Morgan fingerprint density at radius 3 is 2.46 bits per heavy atom. The van der Waals surface area contributed by atoms with Gasteiger partial charge in [0.15, 0.2) is 5.96 Å². The Hall–Kier alpha value is -0.870. The van der Waals surface area contributed by atoms with Crippen LogP contribution in [0, 0.1) is 0 Å². The number of benzene rings is 1. The minimum Gasteiger partial charge on any atom is -0.356 e. The van der Waals surface area contributed by atoms with E-state index in [1.165, 1.54) is 11.8 Å². The van der Waals surface area contributed by atoms with E-state index >= 15 is 0 Å². The zero-order valence-electron chi connectivity index (χ0n) is 15.6. The van der Waals surface area contributed by atoms with Gasteiger partial charge in [-0.25, -0.2) is 8.42 Å². The molecular formula is C18H31IN4O2S. The number of rotatable bonds is 7. The number of likely N-dealkylation sites (tertiary alicyclic amines) is 1. The fourth-order valence-corrected chi connectivity index (χ4v) is 3.67. The van der Waals surface area contributed by atoms with Crippen molar-refractivity contribution in [2.75, 3.05) is 38.7 Å². The quantitative estimate of drug-likeness (QED) is 0.262. The Balaban J connectivity index is 0.00000338. The van der Waals surface area contributed by atoms with Gasteiger partial charge < -0.3 is 10.6 Å². The summed E-state index contributed by atoms with van der Waals surface area (Å²) in [5.74, 6) is 0.963. The normalized spacial score (nSPS) is 16.8. The van der Waals surface area contributed by atoms with Crippen molar-refractivity contribution in [3.63, 3.8) is 0 Å². The molecule has 0 amide bonds. The van der Waals surface area contributed by atoms with E-state index in [0.717, 1.165) is 38.4 Å². The molecule has 1 heterocycles. The Morgan fingerprint density at radius 2 is 1.88 bits per heavy atom. The van der Waals surface area contributed by atoms with Gasteiger partial charge in [0.05, 0.1) is 5.75 Å². The van der Waals surface area contributed by atoms with Crippen molar-refractivity contribution in [2.45, 2.75) is 31.8 Å². The van der Waals surface area contributed by atoms with Crippen LogP contribution >= 0.6 is 24.0 Å². The molecule has 148 valence electrons. The van der Waals surface area contributed by atoms with Crippen molar-refractivity contribution in [2.24, 2.45) is 4.99 Å². The Labute approximate surface area is 174 Å². The summed E-state index contributed by atoms with van der Waals surface area (Å²) < 4.78 is 22.3. The number of nitrogens with zero attached hydrogens (tertiary/aromatic N) is 2. The fourth-order valence-electron chi connectivity index (χ4n) is 3.01. The molecule has 1 aromatic rings. The van der Waals surface area contributed by atoms with E-state index in [-0.39, 0.29) is 29.7 Å². The van der Waals surface area contributed by atoms with Crippen molar-refractivity contribution in [3.8, 4) is 0 Å². The number of guanidine groups is 1. The van der Waals surface area contributed by atoms with Gasteiger partial charge in [0, 0.05) is 45.5 Å². The van der Waals surface area contributed by atoms with Crippen molar-refractivity contribution < 1.29 is 8.42 Å². The summed E-state index contributed by atoms with van der Waals surface area (Å²) in [5.41, 5.74) is 1.36. The summed E-state index contributed by atoms with van der Waals surface area (Å²) in [7, 11) is -1.15. The van der Waals surface area contributed by atoms with Crippen molar-refractivity contribution in [3.05, 3.63) is 35.9 Å². The first-order chi connectivity index (χ1) is 12.0. The van der Waals surface area contributed by atoms with Gasteiger partial charge in [0.1, 0.15) is 9.84 Å². The molecule has 0 bridgehead atoms. The second-order valence-electron chi connectivity index (χ2n) is 6.66. The molecule has 1 aliphatic heterocycles. The van der Waals surface area contributed by atoms with E-state index in [1.54, 1.807) is 7.05 Å². The van der Waals surface area contributed by atoms with Crippen LogP contribution in [0.5, 0.6) is 0 Å². The predicted octanol–water partition coefficient (Wildman–Crippen LogP) is 1.87. The number of sulfone groups is 1. The van der Waals surface area contributed by atoms with Crippen LogP contribution in [0.2, 0.25) is 0 Å². The molecule has 0 unspecified atom stereocenters. The van der Waals surface area contributed by atoms with Crippen molar-refractivity contribution in [1.82, 2.24) is 15.5 Å². The summed E-state index contributed by atoms with van der Waals surface area (Å²) in [5, 5.41) is 6.65.